The first-order valence-corrected chi connectivity index (χ1v) is 7.66. The van der Waals surface area contributed by atoms with Gasteiger partial charge in [0, 0.05) is 33.4 Å². The molecule has 1 saturated heterocycles. The second kappa shape index (κ2) is 6.75. The lowest BCUT2D eigenvalue weighted by molar-refractivity contribution is 0.0706. The van der Waals surface area contributed by atoms with Crippen molar-refractivity contribution in [3.05, 3.63) is 41.2 Å². The molecule has 134 valence electrons. The monoisotopic (exact) mass is 352 g/mol. The molecule has 0 bridgehead atoms. The lowest BCUT2D eigenvalue weighted by Gasteiger charge is -2.18. The Morgan fingerprint density at radius 2 is 1.96 bits per heavy atom. The Labute approximate surface area is 143 Å². The molecule has 2 atom stereocenters. The number of amides is 1. The SMILES string of the molecule is COc1c(F)ccc(F)c1C(=O)N1C[C@@H](OC)[C@H](c2cn(C)nn2)C1. The molecule has 0 spiro atoms. The summed E-state index contributed by atoms with van der Waals surface area (Å²) in [5.74, 6) is -2.88. The third-order valence-corrected chi connectivity index (χ3v) is 4.33. The molecular weight excluding hydrogens is 334 g/mol. The number of benzene rings is 1. The number of methoxy groups -OCH3 is 2. The van der Waals surface area contributed by atoms with Gasteiger partial charge in [-0.1, -0.05) is 5.21 Å². The van der Waals surface area contributed by atoms with E-state index in [1.54, 1.807) is 17.9 Å². The van der Waals surface area contributed by atoms with Gasteiger partial charge in [-0.25, -0.2) is 8.78 Å². The number of rotatable bonds is 4. The normalized spacial score (nSPS) is 20.1. The summed E-state index contributed by atoms with van der Waals surface area (Å²) in [7, 11) is 4.47. The van der Waals surface area contributed by atoms with Crippen LogP contribution in [0.1, 0.15) is 22.0 Å². The van der Waals surface area contributed by atoms with E-state index in [0.717, 1.165) is 12.1 Å². The van der Waals surface area contributed by atoms with E-state index in [4.69, 9.17) is 9.47 Å². The molecule has 2 aromatic rings. The summed E-state index contributed by atoms with van der Waals surface area (Å²) >= 11 is 0. The Balaban J connectivity index is 1.90. The molecule has 0 unspecified atom stereocenters. The quantitative estimate of drug-likeness (QED) is 0.831. The topological polar surface area (TPSA) is 69.5 Å². The van der Waals surface area contributed by atoms with Crippen molar-refractivity contribution in [1.29, 1.82) is 0 Å². The number of nitrogens with zero attached hydrogens (tertiary/aromatic N) is 4. The van der Waals surface area contributed by atoms with Gasteiger partial charge in [0.1, 0.15) is 11.4 Å². The lowest BCUT2D eigenvalue weighted by atomic mass is 10.0. The second-order valence-corrected chi connectivity index (χ2v) is 5.85. The van der Waals surface area contributed by atoms with Gasteiger partial charge < -0.3 is 14.4 Å². The van der Waals surface area contributed by atoms with E-state index in [0.29, 0.717) is 5.69 Å². The highest BCUT2D eigenvalue weighted by molar-refractivity contribution is 5.97. The van der Waals surface area contributed by atoms with Crippen LogP contribution in [0, 0.1) is 11.6 Å². The van der Waals surface area contributed by atoms with Gasteiger partial charge in [0.05, 0.1) is 24.8 Å². The molecule has 0 radical (unpaired) electrons. The zero-order chi connectivity index (χ0) is 18.1. The van der Waals surface area contributed by atoms with Gasteiger partial charge >= 0.3 is 0 Å². The van der Waals surface area contributed by atoms with E-state index in [1.165, 1.54) is 19.1 Å². The molecule has 1 amide bonds. The van der Waals surface area contributed by atoms with E-state index in [9.17, 15) is 13.6 Å². The fraction of sp³-hybridized carbons (Fsp3) is 0.438. The van der Waals surface area contributed by atoms with Crippen LogP contribution in [-0.2, 0) is 11.8 Å². The Morgan fingerprint density at radius 1 is 1.24 bits per heavy atom. The van der Waals surface area contributed by atoms with Crippen molar-refractivity contribution in [3.8, 4) is 5.75 Å². The fourth-order valence-electron chi connectivity index (χ4n) is 3.09. The summed E-state index contributed by atoms with van der Waals surface area (Å²) in [6.45, 7) is 0.491. The minimum absolute atomic E-state index is 0.203. The number of ether oxygens (including phenoxy) is 2. The highest BCUT2D eigenvalue weighted by Crippen LogP contribution is 2.32. The number of likely N-dealkylation sites (tertiary alicyclic amines) is 1. The van der Waals surface area contributed by atoms with Crippen LogP contribution in [0.25, 0.3) is 0 Å². The van der Waals surface area contributed by atoms with E-state index in [-0.39, 0.29) is 25.1 Å². The lowest BCUT2D eigenvalue weighted by Crippen LogP contribution is -2.31. The first-order valence-electron chi connectivity index (χ1n) is 7.66. The number of carbonyl (C=O) groups is 1. The van der Waals surface area contributed by atoms with E-state index < -0.39 is 28.9 Å². The Bertz CT molecular complexity index is 796. The highest BCUT2D eigenvalue weighted by Gasteiger charge is 2.39. The molecule has 7 nitrogen and oxygen atoms in total. The van der Waals surface area contributed by atoms with E-state index in [2.05, 4.69) is 10.3 Å². The van der Waals surface area contributed by atoms with Gasteiger partial charge in [-0.2, -0.15) is 0 Å². The van der Waals surface area contributed by atoms with Crippen molar-refractivity contribution >= 4 is 5.91 Å². The van der Waals surface area contributed by atoms with Crippen molar-refractivity contribution < 1.29 is 23.0 Å². The van der Waals surface area contributed by atoms with Crippen LogP contribution in [0.5, 0.6) is 5.75 Å². The summed E-state index contributed by atoms with van der Waals surface area (Å²) in [5, 5.41) is 7.95. The van der Waals surface area contributed by atoms with Crippen molar-refractivity contribution in [2.75, 3.05) is 27.3 Å². The van der Waals surface area contributed by atoms with Crippen molar-refractivity contribution in [1.82, 2.24) is 19.9 Å². The maximum absolute atomic E-state index is 14.2. The average Bonchev–Trinajstić information content (AvgIpc) is 3.21. The second-order valence-electron chi connectivity index (χ2n) is 5.85. The molecule has 9 heteroatoms. The molecule has 0 N–H and O–H groups in total. The van der Waals surface area contributed by atoms with E-state index >= 15 is 0 Å². The molecule has 1 aliphatic heterocycles. The smallest absolute Gasteiger partial charge is 0.260 e. The zero-order valence-electron chi connectivity index (χ0n) is 14.1. The summed E-state index contributed by atoms with van der Waals surface area (Å²) in [6, 6.07) is 1.84. The summed E-state index contributed by atoms with van der Waals surface area (Å²) in [4.78, 5) is 14.2. The van der Waals surface area contributed by atoms with Crippen LogP contribution in [0.15, 0.2) is 18.3 Å². The first-order chi connectivity index (χ1) is 12.0. The van der Waals surface area contributed by atoms with Crippen molar-refractivity contribution in [2.24, 2.45) is 7.05 Å². The average molecular weight is 352 g/mol. The van der Waals surface area contributed by atoms with Crippen molar-refractivity contribution in [3.63, 3.8) is 0 Å². The van der Waals surface area contributed by atoms with Crippen LogP contribution in [0.3, 0.4) is 0 Å². The molecule has 3 rings (SSSR count). The van der Waals surface area contributed by atoms with Crippen LogP contribution in [0.4, 0.5) is 8.78 Å². The third kappa shape index (κ3) is 3.07. The van der Waals surface area contributed by atoms with Gasteiger partial charge in [-0.15, -0.1) is 5.10 Å². The Morgan fingerprint density at radius 3 is 2.56 bits per heavy atom. The fourth-order valence-corrected chi connectivity index (χ4v) is 3.09. The predicted octanol–water partition coefficient (Wildman–Crippen LogP) is 1.36. The van der Waals surface area contributed by atoms with Gasteiger partial charge in [-0.05, 0) is 12.1 Å². The van der Waals surface area contributed by atoms with Crippen LogP contribution < -0.4 is 4.74 Å². The largest absolute Gasteiger partial charge is 0.493 e. The standard InChI is InChI=1S/C16H18F2N4O3/c1-21-7-12(19-20-21)9-6-22(8-13(9)24-2)16(23)14-10(17)4-5-11(18)15(14)25-3/h4-5,7,9,13H,6,8H2,1-3H3/t9-,13+/m0/s1. The van der Waals surface area contributed by atoms with Gasteiger partial charge in [0.15, 0.2) is 11.6 Å². The summed E-state index contributed by atoms with van der Waals surface area (Å²) < 4.78 is 39.9. The zero-order valence-corrected chi connectivity index (χ0v) is 14.1. The van der Waals surface area contributed by atoms with Gasteiger partial charge in [-0.3, -0.25) is 9.48 Å². The Kier molecular flexibility index (Phi) is 4.67. The number of halogens is 2. The minimum Gasteiger partial charge on any atom is -0.493 e. The number of aromatic nitrogens is 3. The molecule has 1 fully saturated rings. The van der Waals surface area contributed by atoms with Crippen LogP contribution in [0.2, 0.25) is 0 Å². The molecule has 0 aliphatic carbocycles. The first kappa shape index (κ1) is 17.3. The maximum atomic E-state index is 14.2. The Hall–Kier alpha value is -2.55. The third-order valence-electron chi connectivity index (χ3n) is 4.33. The number of carbonyl (C=O) groups excluding carboxylic acids is 1. The predicted molar refractivity (Wildman–Crippen MR) is 83.4 cm³/mol. The summed E-state index contributed by atoms with van der Waals surface area (Å²) in [5.41, 5.74) is 0.258. The summed E-state index contributed by atoms with van der Waals surface area (Å²) in [6.07, 6.45) is 1.43. The minimum atomic E-state index is -0.833. The van der Waals surface area contributed by atoms with E-state index in [1.807, 2.05) is 0 Å². The number of aryl methyl sites for hydroxylation is 1. The van der Waals surface area contributed by atoms with Crippen LogP contribution in [-0.4, -0.2) is 59.2 Å². The molecule has 2 heterocycles. The number of hydrogen-bond donors (Lipinski definition) is 0. The van der Waals surface area contributed by atoms with Crippen LogP contribution >= 0.6 is 0 Å². The van der Waals surface area contributed by atoms with Crippen molar-refractivity contribution in [2.45, 2.75) is 12.0 Å². The molecule has 1 aliphatic rings. The number of hydrogen-bond acceptors (Lipinski definition) is 5. The molecule has 0 saturated carbocycles. The molecular formula is C16H18F2N4O3. The maximum Gasteiger partial charge on any atom is 0.260 e. The van der Waals surface area contributed by atoms with Gasteiger partial charge in [0.2, 0.25) is 0 Å². The van der Waals surface area contributed by atoms with Gasteiger partial charge in [0.25, 0.3) is 5.91 Å². The molecule has 1 aromatic heterocycles. The highest BCUT2D eigenvalue weighted by atomic mass is 19.1. The molecule has 1 aromatic carbocycles. The molecule has 25 heavy (non-hydrogen) atoms.